The highest BCUT2D eigenvalue weighted by molar-refractivity contribution is 5.54. The number of hydrogen-bond donors (Lipinski definition) is 1. The summed E-state index contributed by atoms with van der Waals surface area (Å²) in [6.07, 6.45) is 17.3. The highest BCUT2D eigenvalue weighted by atomic mass is 16.5. The van der Waals surface area contributed by atoms with Crippen LogP contribution in [0.4, 0.5) is 0 Å². The van der Waals surface area contributed by atoms with Gasteiger partial charge in [-0.2, -0.15) is 0 Å². The first-order valence-electron chi connectivity index (χ1n) is 11.8. The van der Waals surface area contributed by atoms with Crippen LogP contribution < -0.4 is 4.74 Å². The quantitative estimate of drug-likeness (QED) is 0.348. The SMILES string of the molecule is CCCCCCCCc1cc2c(c(CCCCCCCC)c1O)CN(C)CO2. The Morgan fingerprint density at radius 1 is 0.857 bits per heavy atom. The van der Waals surface area contributed by atoms with Crippen LogP contribution in [0.5, 0.6) is 11.5 Å². The zero-order valence-electron chi connectivity index (χ0n) is 18.7. The highest BCUT2D eigenvalue weighted by Crippen LogP contribution is 2.38. The molecule has 0 fully saturated rings. The molecule has 0 aromatic heterocycles. The summed E-state index contributed by atoms with van der Waals surface area (Å²) in [4.78, 5) is 2.18. The molecule has 0 aliphatic carbocycles. The molecule has 2 rings (SSSR count). The first kappa shape index (κ1) is 23.1. The maximum atomic E-state index is 11.0. The first-order valence-corrected chi connectivity index (χ1v) is 11.8. The molecular weight excluding hydrogens is 346 g/mol. The van der Waals surface area contributed by atoms with Gasteiger partial charge in [-0.3, -0.25) is 4.90 Å². The van der Waals surface area contributed by atoms with Gasteiger partial charge in [-0.05, 0) is 44.4 Å². The van der Waals surface area contributed by atoms with E-state index in [1.165, 1.54) is 69.8 Å². The third-order valence-corrected chi connectivity index (χ3v) is 6.01. The lowest BCUT2D eigenvalue weighted by atomic mass is 9.93. The standard InChI is InChI=1S/C25H43NO2/c1-4-6-8-10-12-14-16-21-18-24-23(19-26(3)20-28-24)22(25(21)27)17-15-13-11-9-7-5-2/h18,27H,4-17,19-20H2,1-3H3. The topological polar surface area (TPSA) is 32.7 Å². The van der Waals surface area contributed by atoms with Crippen LogP contribution in [-0.2, 0) is 19.4 Å². The molecule has 0 unspecified atom stereocenters. The van der Waals surface area contributed by atoms with E-state index in [-0.39, 0.29) is 0 Å². The minimum absolute atomic E-state index is 0.555. The van der Waals surface area contributed by atoms with E-state index in [9.17, 15) is 5.11 Å². The van der Waals surface area contributed by atoms with Gasteiger partial charge in [0.1, 0.15) is 18.2 Å². The molecule has 1 aliphatic heterocycles. The lowest BCUT2D eigenvalue weighted by Crippen LogP contribution is -2.29. The molecule has 0 radical (unpaired) electrons. The summed E-state index contributed by atoms with van der Waals surface area (Å²) < 4.78 is 6.01. The number of phenols is 1. The second-order valence-electron chi connectivity index (χ2n) is 8.66. The number of rotatable bonds is 14. The average molecular weight is 390 g/mol. The van der Waals surface area contributed by atoms with Crippen molar-refractivity contribution in [3.8, 4) is 11.5 Å². The van der Waals surface area contributed by atoms with E-state index >= 15 is 0 Å². The number of benzene rings is 1. The van der Waals surface area contributed by atoms with Crippen molar-refractivity contribution in [1.82, 2.24) is 4.90 Å². The van der Waals surface area contributed by atoms with Crippen molar-refractivity contribution in [3.63, 3.8) is 0 Å². The van der Waals surface area contributed by atoms with Crippen LogP contribution in [0, 0.1) is 0 Å². The summed E-state index contributed by atoms with van der Waals surface area (Å²) in [6.45, 7) is 6.04. The van der Waals surface area contributed by atoms with Gasteiger partial charge in [0, 0.05) is 17.7 Å². The second-order valence-corrected chi connectivity index (χ2v) is 8.66. The van der Waals surface area contributed by atoms with Crippen LogP contribution >= 0.6 is 0 Å². The highest BCUT2D eigenvalue weighted by Gasteiger charge is 2.22. The van der Waals surface area contributed by atoms with Gasteiger partial charge < -0.3 is 9.84 Å². The van der Waals surface area contributed by atoms with Crippen molar-refractivity contribution in [1.29, 1.82) is 0 Å². The molecule has 0 saturated heterocycles. The maximum Gasteiger partial charge on any atom is 0.142 e. The van der Waals surface area contributed by atoms with Gasteiger partial charge in [-0.15, -0.1) is 0 Å². The molecule has 1 aromatic carbocycles. The Bertz CT molecular complexity index is 570. The Balaban J connectivity index is 1.99. The fourth-order valence-corrected chi connectivity index (χ4v) is 4.23. The lowest BCUT2D eigenvalue weighted by Gasteiger charge is -2.29. The maximum absolute atomic E-state index is 11.0. The van der Waals surface area contributed by atoms with Crippen molar-refractivity contribution in [3.05, 3.63) is 22.8 Å². The Labute approximate surface area is 173 Å². The Hall–Kier alpha value is -1.22. The minimum atomic E-state index is 0.555. The average Bonchev–Trinajstić information content (AvgIpc) is 2.69. The molecule has 1 heterocycles. The molecule has 0 spiro atoms. The summed E-state index contributed by atoms with van der Waals surface area (Å²) in [5.74, 6) is 1.57. The van der Waals surface area contributed by atoms with Crippen molar-refractivity contribution < 1.29 is 9.84 Å². The molecule has 160 valence electrons. The van der Waals surface area contributed by atoms with Crippen LogP contribution in [-0.4, -0.2) is 23.8 Å². The number of aromatic hydroxyl groups is 1. The molecule has 1 aromatic rings. The fourth-order valence-electron chi connectivity index (χ4n) is 4.23. The largest absolute Gasteiger partial charge is 0.507 e. The predicted molar refractivity (Wildman–Crippen MR) is 119 cm³/mol. The third kappa shape index (κ3) is 7.31. The molecule has 0 atom stereocenters. The number of aryl methyl sites for hydroxylation is 1. The molecule has 0 bridgehead atoms. The van der Waals surface area contributed by atoms with E-state index in [2.05, 4.69) is 31.9 Å². The van der Waals surface area contributed by atoms with Crippen LogP contribution in [0.3, 0.4) is 0 Å². The van der Waals surface area contributed by atoms with Gasteiger partial charge >= 0.3 is 0 Å². The van der Waals surface area contributed by atoms with E-state index in [1.807, 2.05) is 0 Å². The Morgan fingerprint density at radius 3 is 2.07 bits per heavy atom. The molecule has 3 nitrogen and oxygen atoms in total. The van der Waals surface area contributed by atoms with Crippen LogP contribution in [0.25, 0.3) is 0 Å². The summed E-state index contributed by atoms with van der Waals surface area (Å²) in [6, 6.07) is 2.12. The van der Waals surface area contributed by atoms with E-state index in [4.69, 9.17) is 4.74 Å². The summed E-state index contributed by atoms with van der Waals surface area (Å²) in [5, 5.41) is 11.0. The molecule has 28 heavy (non-hydrogen) atoms. The van der Waals surface area contributed by atoms with Gasteiger partial charge in [-0.25, -0.2) is 0 Å². The van der Waals surface area contributed by atoms with Crippen LogP contribution in [0.2, 0.25) is 0 Å². The fraction of sp³-hybridized carbons (Fsp3) is 0.760. The summed E-state index contributed by atoms with van der Waals surface area (Å²) in [5.41, 5.74) is 3.46. The zero-order valence-corrected chi connectivity index (χ0v) is 18.7. The van der Waals surface area contributed by atoms with Gasteiger partial charge in [0.25, 0.3) is 0 Å². The molecule has 3 heteroatoms. The van der Waals surface area contributed by atoms with Crippen molar-refractivity contribution in [2.24, 2.45) is 0 Å². The van der Waals surface area contributed by atoms with E-state index in [0.717, 1.165) is 49.1 Å². The van der Waals surface area contributed by atoms with Gasteiger partial charge in [0.2, 0.25) is 0 Å². The van der Waals surface area contributed by atoms with Crippen LogP contribution in [0.1, 0.15) is 108 Å². The van der Waals surface area contributed by atoms with Crippen molar-refractivity contribution in [2.75, 3.05) is 13.8 Å². The third-order valence-electron chi connectivity index (χ3n) is 6.01. The second kappa shape index (κ2) is 13.1. The summed E-state index contributed by atoms with van der Waals surface area (Å²) >= 11 is 0. The number of phenolic OH excluding ortho intramolecular Hbond substituents is 1. The Morgan fingerprint density at radius 2 is 1.43 bits per heavy atom. The first-order chi connectivity index (χ1) is 13.7. The predicted octanol–water partition coefficient (Wildman–Crippen LogP) is 6.98. The molecule has 0 saturated carbocycles. The number of fused-ring (bicyclic) bond motifs is 1. The zero-order chi connectivity index (χ0) is 20.2. The van der Waals surface area contributed by atoms with E-state index in [0.29, 0.717) is 12.5 Å². The summed E-state index contributed by atoms with van der Waals surface area (Å²) in [7, 11) is 2.08. The number of nitrogens with zero attached hydrogens (tertiary/aromatic N) is 1. The normalized spacial score (nSPS) is 14.1. The van der Waals surface area contributed by atoms with Gasteiger partial charge in [0.05, 0.1) is 0 Å². The van der Waals surface area contributed by atoms with E-state index < -0.39 is 0 Å². The lowest BCUT2D eigenvalue weighted by molar-refractivity contribution is 0.120. The van der Waals surface area contributed by atoms with Gasteiger partial charge in [-0.1, -0.05) is 78.1 Å². The molecular formula is C25H43NO2. The monoisotopic (exact) mass is 389 g/mol. The van der Waals surface area contributed by atoms with Gasteiger partial charge in [0.15, 0.2) is 0 Å². The molecule has 1 N–H and O–H groups in total. The Kier molecular flexibility index (Phi) is 10.8. The molecule has 0 amide bonds. The van der Waals surface area contributed by atoms with Crippen LogP contribution in [0.15, 0.2) is 6.07 Å². The van der Waals surface area contributed by atoms with E-state index in [1.54, 1.807) is 0 Å². The number of unbranched alkanes of at least 4 members (excludes halogenated alkanes) is 10. The smallest absolute Gasteiger partial charge is 0.142 e. The van der Waals surface area contributed by atoms with Crippen molar-refractivity contribution >= 4 is 0 Å². The molecule has 1 aliphatic rings. The minimum Gasteiger partial charge on any atom is -0.507 e. The number of hydrogen-bond acceptors (Lipinski definition) is 3. The number of ether oxygens (including phenoxy) is 1. The van der Waals surface area contributed by atoms with Crippen molar-refractivity contribution in [2.45, 2.75) is 110 Å².